The minimum Gasteiger partial charge on any atom is -0.274 e. The van der Waals surface area contributed by atoms with Crippen molar-refractivity contribution < 1.29 is 13.2 Å². The summed E-state index contributed by atoms with van der Waals surface area (Å²) in [5.41, 5.74) is 2.00. The predicted octanol–water partition coefficient (Wildman–Crippen LogP) is 3.29. The zero-order chi connectivity index (χ0) is 16.7. The van der Waals surface area contributed by atoms with Gasteiger partial charge in [0.05, 0.1) is 4.90 Å². The van der Waals surface area contributed by atoms with E-state index in [-0.39, 0.29) is 11.3 Å². The van der Waals surface area contributed by atoms with Crippen LogP contribution in [0.2, 0.25) is 0 Å². The summed E-state index contributed by atoms with van der Waals surface area (Å²) < 4.78 is 26.2. The van der Waals surface area contributed by atoms with Crippen LogP contribution in [-0.2, 0) is 14.8 Å². The Hall–Kier alpha value is -2.40. The van der Waals surface area contributed by atoms with Crippen LogP contribution < -0.4 is 4.72 Å². The molecule has 0 aliphatic carbocycles. The zero-order valence-corrected chi connectivity index (χ0v) is 13.7. The van der Waals surface area contributed by atoms with Crippen LogP contribution in [0.4, 0.5) is 0 Å². The third-order valence-electron chi connectivity index (χ3n) is 3.23. The standard InChI is InChI=1S/C18H19NO3S/c1-15-11-13-17(14-12-15)23(21,22)19-18(20)10-6-5-9-16-7-3-2-4-8-16/h2-5,7-9,11-14H,6,10H2,1H3,(H,19,20)/b9-5+. The fourth-order valence-electron chi connectivity index (χ4n) is 1.98. The summed E-state index contributed by atoms with van der Waals surface area (Å²) in [6.07, 6.45) is 4.35. The van der Waals surface area contributed by atoms with Gasteiger partial charge in [0, 0.05) is 6.42 Å². The molecule has 0 radical (unpaired) electrons. The molecule has 0 fully saturated rings. The Morgan fingerprint density at radius 2 is 1.70 bits per heavy atom. The molecule has 5 heteroatoms. The van der Waals surface area contributed by atoms with Gasteiger partial charge in [0.2, 0.25) is 5.91 Å². The quantitative estimate of drug-likeness (QED) is 0.884. The van der Waals surface area contributed by atoms with E-state index < -0.39 is 15.9 Å². The van der Waals surface area contributed by atoms with Gasteiger partial charge in [-0.05, 0) is 31.0 Å². The fourth-order valence-corrected chi connectivity index (χ4v) is 2.99. The first-order valence-electron chi connectivity index (χ1n) is 7.31. The molecular weight excluding hydrogens is 310 g/mol. The van der Waals surface area contributed by atoms with Gasteiger partial charge in [-0.3, -0.25) is 4.79 Å². The maximum Gasteiger partial charge on any atom is 0.264 e. The highest BCUT2D eigenvalue weighted by atomic mass is 32.2. The van der Waals surface area contributed by atoms with Crippen molar-refractivity contribution in [1.29, 1.82) is 0 Å². The fraction of sp³-hybridized carbons (Fsp3) is 0.167. The van der Waals surface area contributed by atoms with E-state index in [1.807, 2.05) is 49.4 Å². The van der Waals surface area contributed by atoms with E-state index in [1.165, 1.54) is 12.1 Å². The van der Waals surface area contributed by atoms with Crippen LogP contribution in [0.25, 0.3) is 6.08 Å². The molecule has 0 bridgehead atoms. The highest BCUT2D eigenvalue weighted by Gasteiger charge is 2.16. The maximum atomic E-state index is 12.1. The molecule has 0 unspecified atom stereocenters. The predicted molar refractivity (Wildman–Crippen MR) is 91.2 cm³/mol. The van der Waals surface area contributed by atoms with E-state index in [0.29, 0.717) is 6.42 Å². The number of carbonyl (C=O) groups is 1. The number of nitrogens with one attached hydrogen (secondary N) is 1. The van der Waals surface area contributed by atoms with Crippen LogP contribution >= 0.6 is 0 Å². The van der Waals surface area contributed by atoms with Gasteiger partial charge in [-0.15, -0.1) is 0 Å². The molecule has 0 spiro atoms. The number of benzene rings is 2. The second-order valence-corrected chi connectivity index (χ2v) is 6.88. The second kappa shape index (κ2) is 7.74. The minimum absolute atomic E-state index is 0.0938. The van der Waals surface area contributed by atoms with Gasteiger partial charge >= 0.3 is 0 Å². The number of sulfonamides is 1. The second-order valence-electron chi connectivity index (χ2n) is 5.19. The topological polar surface area (TPSA) is 63.2 Å². The number of aryl methyl sites for hydroxylation is 1. The molecule has 0 aliphatic rings. The average Bonchev–Trinajstić information content (AvgIpc) is 2.52. The van der Waals surface area contributed by atoms with Crippen molar-refractivity contribution in [1.82, 2.24) is 4.72 Å². The Labute approximate surface area is 136 Å². The molecule has 1 N–H and O–H groups in total. The molecule has 2 aromatic carbocycles. The first-order chi connectivity index (χ1) is 11.0. The third-order valence-corrected chi connectivity index (χ3v) is 4.62. The van der Waals surface area contributed by atoms with Gasteiger partial charge in [0.1, 0.15) is 0 Å². The van der Waals surface area contributed by atoms with Crippen molar-refractivity contribution in [3.05, 3.63) is 71.8 Å². The lowest BCUT2D eigenvalue weighted by molar-refractivity contribution is -0.119. The van der Waals surface area contributed by atoms with Crippen molar-refractivity contribution in [2.24, 2.45) is 0 Å². The lowest BCUT2D eigenvalue weighted by atomic mass is 10.2. The number of hydrogen-bond donors (Lipinski definition) is 1. The van der Waals surface area contributed by atoms with Crippen molar-refractivity contribution in [2.75, 3.05) is 0 Å². The summed E-state index contributed by atoms with van der Waals surface area (Å²) in [4.78, 5) is 11.9. The van der Waals surface area contributed by atoms with Gasteiger partial charge in [0.15, 0.2) is 0 Å². The van der Waals surface area contributed by atoms with Crippen LogP contribution in [0.3, 0.4) is 0 Å². The van der Waals surface area contributed by atoms with E-state index >= 15 is 0 Å². The van der Waals surface area contributed by atoms with E-state index in [0.717, 1.165) is 11.1 Å². The molecule has 0 saturated heterocycles. The molecule has 2 rings (SSSR count). The molecule has 0 aliphatic heterocycles. The Morgan fingerprint density at radius 3 is 2.35 bits per heavy atom. The lowest BCUT2D eigenvalue weighted by Gasteiger charge is -2.06. The summed E-state index contributed by atoms with van der Waals surface area (Å²) in [5.74, 6) is -0.511. The van der Waals surface area contributed by atoms with Crippen molar-refractivity contribution >= 4 is 22.0 Å². The summed E-state index contributed by atoms with van der Waals surface area (Å²) >= 11 is 0. The third kappa shape index (κ3) is 5.38. The first-order valence-corrected chi connectivity index (χ1v) is 8.79. The SMILES string of the molecule is Cc1ccc(S(=O)(=O)NC(=O)CC/C=C/c2ccccc2)cc1. The minimum atomic E-state index is -3.79. The zero-order valence-electron chi connectivity index (χ0n) is 12.9. The normalized spacial score (nSPS) is 11.5. The molecule has 23 heavy (non-hydrogen) atoms. The molecule has 2 aromatic rings. The first kappa shape index (κ1) is 17.0. The molecule has 0 aromatic heterocycles. The van der Waals surface area contributed by atoms with Gasteiger partial charge in [-0.25, -0.2) is 13.1 Å². The summed E-state index contributed by atoms with van der Waals surface area (Å²) in [7, 11) is -3.79. The van der Waals surface area contributed by atoms with E-state index in [2.05, 4.69) is 4.72 Å². The maximum absolute atomic E-state index is 12.1. The Kier molecular flexibility index (Phi) is 5.71. The Balaban J connectivity index is 1.87. The van der Waals surface area contributed by atoms with Crippen molar-refractivity contribution in [3.63, 3.8) is 0 Å². The molecule has 0 heterocycles. The summed E-state index contributed by atoms with van der Waals surface area (Å²) in [6, 6.07) is 16.1. The van der Waals surface area contributed by atoms with Gasteiger partial charge in [0.25, 0.3) is 10.0 Å². The summed E-state index contributed by atoms with van der Waals surface area (Å²) in [6.45, 7) is 1.87. The van der Waals surface area contributed by atoms with Crippen molar-refractivity contribution in [3.8, 4) is 0 Å². The highest BCUT2D eigenvalue weighted by Crippen LogP contribution is 2.10. The monoisotopic (exact) mass is 329 g/mol. The highest BCUT2D eigenvalue weighted by molar-refractivity contribution is 7.90. The molecule has 0 saturated carbocycles. The number of hydrogen-bond acceptors (Lipinski definition) is 3. The van der Waals surface area contributed by atoms with E-state index in [4.69, 9.17) is 0 Å². The molecular formula is C18H19NO3S. The van der Waals surface area contributed by atoms with Crippen LogP contribution in [0, 0.1) is 6.92 Å². The van der Waals surface area contributed by atoms with E-state index in [9.17, 15) is 13.2 Å². The average molecular weight is 329 g/mol. The number of carbonyl (C=O) groups excluding carboxylic acids is 1. The van der Waals surface area contributed by atoms with Gasteiger partial charge in [-0.2, -0.15) is 0 Å². The lowest BCUT2D eigenvalue weighted by Crippen LogP contribution is -2.30. The van der Waals surface area contributed by atoms with Crippen LogP contribution in [0.5, 0.6) is 0 Å². The summed E-state index contributed by atoms with van der Waals surface area (Å²) in [5, 5.41) is 0. The molecule has 120 valence electrons. The van der Waals surface area contributed by atoms with Crippen LogP contribution in [0.1, 0.15) is 24.0 Å². The number of amides is 1. The van der Waals surface area contributed by atoms with Gasteiger partial charge < -0.3 is 0 Å². The smallest absolute Gasteiger partial charge is 0.264 e. The Bertz CT molecular complexity index is 779. The van der Waals surface area contributed by atoms with E-state index in [1.54, 1.807) is 12.1 Å². The number of allylic oxidation sites excluding steroid dienone is 1. The Morgan fingerprint density at radius 1 is 1.04 bits per heavy atom. The van der Waals surface area contributed by atoms with Crippen LogP contribution in [0.15, 0.2) is 65.6 Å². The van der Waals surface area contributed by atoms with Crippen molar-refractivity contribution in [2.45, 2.75) is 24.7 Å². The van der Waals surface area contributed by atoms with Crippen LogP contribution in [-0.4, -0.2) is 14.3 Å². The largest absolute Gasteiger partial charge is 0.274 e. The van der Waals surface area contributed by atoms with Gasteiger partial charge in [-0.1, -0.05) is 60.2 Å². The molecule has 1 amide bonds. The number of rotatable bonds is 6. The molecule has 4 nitrogen and oxygen atoms in total. The molecule has 0 atom stereocenters.